The highest BCUT2D eigenvalue weighted by Crippen LogP contribution is 2.24. The summed E-state index contributed by atoms with van der Waals surface area (Å²) in [4.78, 5) is 10.8. The number of hydrogen-bond donors (Lipinski definition) is 1. The second kappa shape index (κ2) is 3.94. The minimum absolute atomic E-state index is 0.0936. The molecule has 0 bridgehead atoms. The Balaban J connectivity index is 3.01. The smallest absolute Gasteiger partial charge is 0.221 e. The maximum atomic E-state index is 10.8. The van der Waals surface area contributed by atoms with Crippen molar-refractivity contribution in [1.29, 1.82) is 0 Å². The van der Waals surface area contributed by atoms with E-state index in [0.717, 1.165) is 11.3 Å². The van der Waals surface area contributed by atoms with Gasteiger partial charge in [-0.3, -0.25) is 4.79 Å². The molecule has 0 heterocycles. The highest BCUT2D eigenvalue weighted by atomic mass is 16.5. The predicted octanol–water partition coefficient (Wildman–Crippen LogP) is 1.96. The third-order valence-corrected chi connectivity index (χ3v) is 1.67. The van der Waals surface area contributed by atoms with Crippen LogP contribution in [0.5, 0.6) is 5.75 Å². The number of carbonyl (C=O) groups is 1. The summed E-state index contributed by atoms with van der Waals surface area (Å²) in [7, 11) is 1.58. The first-order valence-electron chi connectivity index (χ1n) is 4.05. The van der Waals surface area contributed by atoms with Crippen LogP contribution in [0.4, 0.5) is 5.69 Å². The van der Waals surface area contributed by atoms with E-state index < -0.39 is 0 Å². The van der Waals surface area contributed by atoms with Crippen LogP contribution in [-0.2, 0) is 4.79 Å². The van der Waals surface area contributed by atoms with Crippen molar-refractivity contribution in [2.75, 3.05) is 12.4 Å². The molecule has 13 heavy (non-hydrogen) atoms. The fourth-order valence-electron chi connectivity index (χ4n) is 1.11. The van der Waals surface area contributed by atoms with Gasteiger partial charge in [-0.15, -0.1) is 0 Å². The largest absolute Gasteiger partial charge is 0.495 e. The van der Waals surface area contributed by atoms with Gasteiger partial charge in [0.1, 0.15) is 5.75 Å². The van der Waals surface area contributed by atoms with Crippen LogP contribution in [0.25, 0.3) is 0 Å². The topological polar surface area (TPSA) is 38.3 Å². The molecule has 0 aromatic heterocycles. The number of benzene rings is 1. The van der Waals surface area contributed by atoms with Crippen molar-refractivity contribution in [1.82, 2.24) is 0 Å². The Labute approximate surface area is 77.7 Å². The molecule has 70 valence electrons. The van der Waals surface area contributed by atoms with Crippen LogP contribution in [0, 0.1) is 6.92 Å². The molecule has 0 aliphatic carbocycles. The molecule has 1 amide bonds. The average molecular weight is 179 g/mol. The molecule has 0 fully saturated rings. The van der Waals surface area contributed by atoms with Crippen molar-refractivity contribution in [3.05, 3.63) is 23.8 Å². The van der Waals surface area contributed by atoms with E-state index in [9.17, 15) is 4.79 Å². The van der Waals surface area contributed by atoms with Gasteiger partial charge in [-0.05, 0) is 24.6 Å². The summed E-state index contributed by atoms with van der Waals surface area (Å²) in [5.41, 5.74) is 1.81. The Morgan fingerprint density at radius 2 is 2.15 bits per heavy atom. The number of aryl methyl sites for hydroxylation is 1. The van der Waals surface area contributed by atoms with Crippen LogP contribution in [0.15, 0.2) is 18.2 Å². The third-order valence-electron chi connectivity index (χ3n) is 1.67. The molecule has 1 rings (SSSR count). The normalized spacial score (nSPS) is 9.46. The number of carbonyl (C=O) groups excluding carboxylic acids is 1. The lowest BCUT2D eigenvalue weighted by atomic mass is 10.2. The summed E-state index contributed by atoms with van der Waals surface area (Å²) in [5, 5.41) is 2.70. The Kier molecular flexibility index (Phi) is 2.90. The molecule has 0 radical (unpaired) electrons. The van der Waals surface area contributed by atoms with E-state index in [1.54, 1.807) is 7.11 Å². The van der Waals surface area contributed by atoms with Gasteiger partial charge >= 0.3 is 0 Å². The SMILES string of the molecule is COc1ccc(C)cc1NC(C)=O. The predicted molar refractivity (Wildman–Crippen MR) is 52.0 cm³/mol. The summed E-state index contributed by atoms with van der Waals surface area (Å²) >= 11 is 0. The molecule has 1 aromatic rings. The second-order valence-electron chi connectivity index (χ2n) is 2.88. The van der Waals surface area contributed by atoms with Crippen molar-refractivity contribution >= 4 is 11.6 Å². The van der Waals surface area contributed by atoms with Crippen LogP contribution >= 0.6 is 0 Å². The van der Waals surface area contributed by atoms with Crippen LogP contribution in [0.1, 0.15) is 12.5 Å². The molecule has 1 N–H and O–H groups in total. The van der Waals surface area contributed by atoms with Gasteiger partial charge in [0.05, 0.1) is 12.8 Å². The molecular formula is C10H13NO2. The van der Waals surface area contributed by atoms with E-state index in [1.807, 2.05) is 25.1 Å². The summed E-state index contributed by atoms with van der Waals surface area (Å²) in [6.45, 7) is 3.44. The van der Waals surface area contributed by atoms with Crippen molar-refractivity contribution in [3.63, 3.8) is 0 Å². The van der Waals surface area contributed by atoms with Crippen LogP contribution in [0.2, 0.25) is 0 Å². The van der Waals surface area contributed by atoms with Gasteiger partial charge in [-0.1, -0.05) is 6.07 Å². The highest BCUT2D eigenvalue weighted by Gasteiger charge is 2.03. The van der Waals surface area contributed by atoms with Crippen molar-refractivity contribution in [3.8, 4) is 5.75 Å². The maximum Gasteiger partial charge on any atom is 0.221 e. The number of hydrogen-bond acceptors (Lipinski definition) is 2. The molecule has 0 aliphatic heterocycles. The summed E-state index contributed by atoms with van der Waals surface area (Å²) in [6.07, 6.45) is 0. The molecule has 0 aliphatic rings. The molecular weight excluding hydrogens is 166 g/mol. The quantitative estimate of drug-likeness (QED) is 0.753. The van der Waals surface area contributed by atoms with Gasteiger partial charge in [-0.2, -0.15) is 0 Å². The Hall–Kier alpha value is -1.51. The zero-order valence-corrected chi connectivity index (χ0v) is 8.05. The standard InChI is InChI=1S/C10H13NO2/c1-7-4-5-10(13-3)9(6-7)11-8(2)12/h4-6H,1-3H3,(H,11,12). The lowest BCUT2D eigenvalue weighted by Gasteiger charge is -2.08. The highest BCUT2D eigenvalue weighted by molar-refractivity contribution is 5.90. The molecule has 0 unspecified atom stereocenters. The average Bonchev–Trinajstić information content (AvgIpc) is 2.03. The summed E-state index contributed by atoms with van der Waals surface area (Å²) < 4.78 is 5.09. The maximum absolute atomic E-state index is 10.8. The summed E-state index contributed by atoms with van der Waals surface area (Å²) in [5.74, 6) is 0.588. The number of rotatable bonds is 2. The Morgan fingerprint density at radius 1 is 1.46 bits per heavy atom. The first-order chi connectivity index (χ1) is 6.13. The zero-order chi connectivity index (χ0) is 9.84. The minimum atomic E-state index is -0.0936. The van der Waals surface area contributed by atoms with Crippen LogP contribution in [-0.4, -0.2) is 13.0 Å². The Bertz CT molecular complexity index is 321. The molecule has 1 aromatic carbocycles. The first-order valence-corrected chi connectivity index (χ1v) is 4.05. The lowest BCUT2D eigenvalue weighted by molar-refractivity contribution is -0.114. The van der Waals surface area contributed by atoms with Gasteiger partial charge in [0.25, 0.3) is 0 Å². The van der Waals surface area contributed by atoms with Crippen LogP contribution in [0.3, 0.4) is 0 Å². The summed E-state index contributed by atoms with van der Waals surface area (Å²) in [6, 6.07) is 5.64. The van der Waals surface area contributed by atoms with Crippen molar-refractivity contribution in [2.24, 2.45) is 0 Å². The van der Waals surface area contributed by atoms with E-state index in [-0.39, 0.29) is 5.91 Å². The zero-order valence-electron chi connectivity index (χ0n) is 8.05. The number of anilines is 1. The second-order valence-corrected chi connectivity index (χ2v) is 2.88. The van der Waals surface area contributed by atoms with Gasteiger partial charge < -0.3 is 10.1 Å². The monoisotopic (exact) mass is 179 g/mol. The van der Waals surface area contributed by atoms with Gasteiger partial charge in [0.2, 0.25) is 5.91 Å². The number of ether oxygens (including phenoxy) is 1. The number of amides is 1. The lowest BCUT2D eigenvalue weighted by Crippen LogP contribution is -2.07. The number of nitrogens with one attached hydrogen (secondary N) is 1. The Morgan fingerprint density at radius 3 is 2.69 bits per heavy atom. The molecule has 3 heteroatoms. The molecule has 0 spiro atoms. The van der Waals surface area contributed by atoms with E-state index >= 15 is 0 Å². The molecule has 0 saturated heterocycles. The van der Waals surface area contributed by atoms with E-state index in [4.69, 9.17) is 4.74 Å². The first kappa shape index (κ1) is 9.58. The van der Waals surface area contributed by atoms with Gasteiger partial charge in [0, 0.05) is 6.92 Å². The van der Waals surface area contributed by atoms with Crippen molar-refractivity contribution < 1.29 is 9.53 Å². The molecule has 0 atom stereocenters. The fourth-order valence-corrected chi connectivity index (χ4v) is 1.11. The molecule has 0 saturated carbocycles. The van der Waals surface area contributed by atoms with Gasteiger partial charge in [0.15, 0.2) is 0 Å². The number of methoxy groups -OCH3 is 1. The molecule has 3 nitrogen and oxygen atoms in total. The minimum Gasteiger partial charge on any atom is -0.495 e. The van der Waals surface area contributed by atoms with E-state index in [1.165, 1.54) is 6.92 Å². The van der Waals surface area contributed by atoms with Gasteiger partial charge in [-0.25, -0.2) is 0 Å². The van der Waals surface area contributed by atoms with Crippen LogP contribution < -0.4 is 10.1 Å². The third kappa shape index (κ3) is 2.47. The van der Waals surface area contributed by atoms with E-state index in [0.29, 0.717) is 5.75 Å². The fraction of sp³-hybridized carbons (Fsp3) is 0.300. The van der Waals surface area contributed by atoms with E-state index in [2.05, 4.69) is 5.32 Å². The van der Waals surface area contributed by atoms with Crippen molar-refractivity contribution in [2.45, 2.75) is 13.8 Å².